The number of nitrogens with one attached hydrogen (secondary N) is 2. The van der Waals surface area contributed by atoms with Crippen molar-refractivity contribution >= 4 is 65.7 Å². The maximum absolute atomic E-state index is 6.60. The molecule has 0 spiro atoms. The average molecular weight is 660 g/mol. The average Bonchev–Trinajstić information content (AvgIpc) is 3.87. The number of rotatable bonds is 4. The Kier molecular flexibility index (Phi) is 6.27. The fourth-order valence-corrected chi connectivity index (χ4v) is 8.04. The molecule has 0 radical (unpaired) electrons. The van der Waals surface area contributed by atoms with Crippen LogP contribution in [0.4, 0.5) is 0 Å². The Hall–Kier alpha value is -6.18. The van der Waals surface area contributed by atoms with Gasteiger partial charge in [-0.1, -0.05) is 122 Å². The lowest BCUT2D eigenvalue weighted by Gasteiger charge is -2.50. The molecule has 4 heterocycles. The second-order valence-corrected chi connectivity index (χ2v) is 13.4. The van der Waals surface area contributed by atoms with Crippen LogP contribution in [0.1, 0.15) is 35.2 Å². The third-order valence-corrected chi connectivity index (χ3v) is 10.4. The van der Waals surface area contributed by atoms with Crippen molar-refractivity contribution < 1.29 is 8.83 Å². The van der Waals surface area contributed by atoms with Gasteiger partial charge < -0.3 is 29.4 Å². The van der Waals surface area contributed by atoms with Crippen molar-refractivity contribution in [3.05, 3.63) is 180 Å². The SMILES string of the molecule is c1ccc(C2NC(c3cccc(-n4c5ccccc5c5ccccc54)c3)[N-]C(c3ccc4c(c3)oc3c4ccc4c5ccccc5oc43)N2)cc1. The lowest BCUT2D eigenvalue weighted by Crippen LogP contribution is -2.44. The molecule has 1 fully saturated rings. The standard InChI is InChI=1S/C45H31N4O2/c1-2-11-27(12-3-1)43-46-44(28-13-10-14-30(25-28)49-37-18-7-4-15-31(37)32-16-5-8-19-38(32)49)48-45(47-43)29-21-22-34-36-24-23-35-33-17-6-9-20-39(33)50-41(35)42(36)51-40(34)26-29/h1-26,43-47H/q-1. The van der Waals surface area contributed by atoms with E-state index in [1.54, 1.807) is 0 Å². The summed E-state index contributed by atoms with van der Waals surface area (Å²) in [5.74, 6) is 0. The molecule has 10 aromatic rings. The van der Waals surface area contributed by atoms with Crippen LogP contribution >= 0.6 is 0 Å². The Morgan fingerprint density at radius 1 is 0.431 bits per heavy atom. The second kappa shape index (κ2) is 11.2. The van der Waals surface area contributed by atoms with Crippen LogP contribution in [0.3, 0.4) is 0 Å². The van der Waals surface area contributed by atoms with Crippen molar-refractivity contribution in [3.63, 3.8) is 0 Å². The largest absolute Gasteiger partial charge is 0.624 e. The summed E-state index contributed by atoms with van der Waals surface area (Å²) >= 11 is 0. The van der Waals surface area contributed by atoms with Crippen molar-refractivity contribution in [1.29, 1.82) is 0 Å². The number of aromatic nitrogens is 1. The lowest BCUT2D eigenvalue weighted by atomic mass is 10.0. The number of fused-ring (bicyclic) bond motifs is 10. The maximum Gasteiger partial charge on any atom is 0.178 e. The first kappa shape index (κ1) is 28.6. The van der Waals surface area contributed by atoms with Crippen LogP contribution in [0.2, 0.25) is 0 Å². The molecule has 0 saturated carbocycles. The molecule has 0 bridgehead atoms. The minimum Gasteiger partial charge on any atom is -0.624 e. The van der Waals surface area contributed by atoms with Crippen molar-refractivity contribution in [2.75, 3.05) is 0 Å². The van der Waals surface area contributed by atoms with E-state index in [1.807, 2.05) is 18.2 Å². The Balaban J connectivity index is 1.01. The molecular weight excluding hydrogens is 629 g/mol. The van der Waals surface area contributed by atoms with Gasteiger partial charge in [0.15, 0.2) is 11.2 Å². The number of nitrogens with zero attached hydrogens (tertiary/aromatic N) is 2. The molecule has 7 aromatic carbocycles. The van der Waals surface area contributed by atoms with E-state index in [0.717, 1.165) is 66.3 Å². The highest BCUT2D eigenvalue weighted by atomic mass is 16.4. The monoisotopic (exact) mass is 659 g/mol. The predicted octanol–water partition coefficient (Wildman–Crippen LogP) is 11.5. The third kappa shape index (κ3) is 4.48. The van der Waals surface area contributed by atoms with Crippen LogP contribution in [-0.2, 0) is 0 Å². The molecule has 2 N–H and O–H groups in total. The van der Waals surface area contributed by atoms with Crippen LogP contribution in [0.5, 0.6) is 0 Å². The van der Waals surface area contributed by atoms with E-state index in [1.165, 1.54) is 21.8 Å². The summed E-state index contributed by atoms with van der Waals surface area (Å²) in [5.41, 5.74) is 9.98. The highest BCUT2D eigenvalue weighted by molar-refractivity contribution is 6.18. The van der Waals surface area contributed by atoms with Gasteiger partial charge in [-0.15, -0.1) is 0 Å². The first-order chi connectivity index (χ1) is 25.3. The maximum atomic E-state index is 6.60. The number of hydrogen-bond acceptors (Lipinski definition) is 4. The fourth-order valence-electron chi connectivity index (χ4n) is 8.04. The quantitative estimate of drug-likeness (QED) is 0.197. The molecule has 1 aliphatic heterocycles. The lowest BCUT2D eigenvalue weighted by molar-refractivity contribution is 0.316. The Labute approximate surface area is 292 Å². The summed E-state index contributed by atoms with van der Waals surface area (Å²) in [6.07, 6.45) is -0.685. The van der Waals surface area contributed by atoms with Gasteiger partial charge in [0, 0.05) is 38.0 Å². The predicted molar refractivity (Wildman–Crippen MR) is 206 cm³/mol. The topological polar surface area (TPSA) is 69.4 Å². The molecule has 6 nitrogen and oxygen atoms in total. The molecule has 11 rings (SSSR count). The Bertz CT molecular complexity index is 2880. The summed E-state index contributed by atoms with van der Waals surface area (Å²) < 4.78 is 15.3. The molecule has 3 aromatic heterocycles. The van der Waals surface area contributed by atoms with E-state index in [9.17, 15) is 0 Å². The van der Waals surface area contributed by atoms with Gasteiger partial charge in [0.1, 0.15) is 11.2 Å². The van der Waals surface area contributed by atoms with Crippen molar-refractivity contribution in [2.24, 2.45) is 0 Å². The van der Waals surface area contributed by atoms with Crippen LogP contribution in [0, 0.1) is 0 Å². The van der Waals surface area contributed by atoms with Crippen LogP contribution in [-0.4, -0.2) is 4.57 Å². The van der Waals surface area contributed by atoms with E-state index in [0.29, 0.717) is 0 Å². The third-order valence-electron chi connectivity index (χ3n) is 10.4. The smallest absolute Gasteiger partial charge is 0.178 e. The van der Waals surface area contributed by atoms with Gasteiger partial charge in [0.05, 0.1) is 17.2 Å². The minimum absolute atomic E-state index is 0.128. The minimum atomic E-state index is -0.290. The van der Waals surface area contributed by atoms with Crippen molar-refractivity contribution in [3.8, 4) is 5.69 Å². The fraction of sp³-hybridized carbons (Fsp3) is 0.0667. The van der Waals surface area contributed by atoms with E-state index < -0.39 is 0 Å². The number of furan rings is 2. The summed E-state index contributed by atoms with van der Waals surface area (Å²) in [5, 5.41) is 19.7. The molecule has 1 saturated heterocycles. The van der Waals surface area contributed by atoms with Crippen LogP contribution < -0.4 is 10.6 Å². The molecular formula is C45H31N4O2-. The van der Waals surface area contributed by atoms with E-state index in [4.69, 9.17) is 14.2 Å². The van der Waals surface area contributed by atoms with Gasteiger partial charge in [-0.3, -0.25) is 0 Å². The second-order valence-electron chi connectivity index (χ2n) is 13.4. The zero-order valence-corrected chi connectivity index (χ0v) is 27.5. The summed E-state index contributed by atoms with van der Waals surface area (Å²) in [7, 11) is 0. The van der Waals surface area contributed by atoms with Gasteiger partial charge in [0.25, 0.3) is 0 Å². The molecule has 1 aliphatic rings. The summed E-state index contributed by atoms with van der Waals surface area (Å²) in [6.45, 7) is 0. The summed E-state index contributed by atoms with van der Waals surface area (Å²) in [6, 6.07) is 55.4. The number of hydrogen-bond donors (Lipinski definition) is 2. The van der Waals surface area contributed by atoms with Crippen LogP contribution in [0.25, 0.3) is 76.7 Å². The molecule has 3 unspecified atom stereocenters. The molecule has 3 atom stereocenters. The first-order valence-corrected chi connectivity index (χ1v) is 17.4. The van der Waals surface area contributed by atoms with Gasteiger partial charge in [-0.05, 0) is 65.2 Å². The molecule has 6 heteroatoms. The van der Waals surface area contributed by atoms with E-state index in [-0.39, 0.29) is 18.5 Å². The van der Waals surface area contributed by atoms with E-state index >= 15 is 0 Å². The Morgan fingerprint density at radius 3 is 1.71 bits per heavy atom. The summed E-state index contributed by atoms with van der Waals surface area (Å²) in [4.78, 5) is 0. The highest BCUT2D eigenvalue weighted by Crippen LogP contribution is 2.42. The first-order valence-electron chi connectivity index (χ1n) is 17.4. The van der Waals surface area contributed by atoms with Crippen molar-refractivity contribution in [1.82, 2.24) is 15.2 Å². The highest BCUT2D eigenvalue weighted by Gasteiger charge is 2.24. The number of para-hydroxylation sites is 3. The molecule has 51 heavy (non-hydrogen) atoms. The van der Waals surface area contributed by atoms with Gasteiger partial charge >= 0.3 is 0 Å². The van der Waals surface area contributed by atoms with Gasteiger partial charge in [-0.2, -0.15) is 0 Å². The van der Waals surface area contributed by atoms with Gasteiger partial charge in [0.2, 0.25) is 0 Å². The molecule has 0 aliphatic carbocycles. The molecule has 244 valence electrons. The van der Waals surface area contributed by atoms with E-state index in [2.05, 4.69) is 155 Å². The van der Waals surface area contributed by atoms with Crippen molar-refractivity contribution in [2.45, 2.75) is 18.5 Å². The molecule has 0 amide bonds. The van der Waals surface area contributed by atoms with Gasteiger partial charge in [-0.25, -0.2) is 0 Å². The normalized spacial score (nSPS) is 18.2. The zero-order chi connectivity index (χ0) is 33.5. The number of benzene rings is 7. The van der Waals surface area contributed by atoms with Crippen LogP contribution in [0.15, 0.2) is 167 Å². The zero-order valence-electron chi connectivity index (χ0n) is 27.5. The Morgan fingerprint density at radius 2 is 0.980 bits per heavy atom.